The fourth-order valence-corrected chi connectivity index (χ4v) is 6.53. The summed E-state index contributed by atoms with van der Waals surface area (Å²) in [5.41, 5.74) is 0. The fourth-order valence-electron chi connectivity index (χ4n) is 6.53. The van der Waals surface area contributed by atoms with Crippen molar-refractivity contribution >= 4 is 17.9 Å². The average Bonchev–Trinajstić information content (AvgIpc) is 3.23. The molecular formula is C53H90O6. The molecule has 0 fully saturated rings. The molecule has 0 rings (SSSR count). The molecule has 0 spiro atoms. The van der Waals surface area contributed by atoms with Crippen LogP contribution in [0.1, 0.15) is 226 Å². The Morgan fingerprint density at radius 3 is 1.10 bits per heavy atom. The van der Waals surface area contributed by atoms with Gasteiger partial charge in [0.25, 0.3) is 0 Å². The molecule has 0 aromatic heterocycles. The molecule has 0 aromatic rings. The Kier molecular flexibility index (Phi) is 45.0. The molecule has 0 N–H and O–H groups in total. The molecule has 6 heteroatoms. The summed E-state index contributed by atoms with van der Waals surface area (Å²) in [5.74, 6) is -0.919. The van der Waals surface area contributed by atoms with E-state index in [4.69, 9.17) is 14.2 Å². The van der Waals surface area contributed by atoms with E-state index in [-0.39, 0.29) is 31.1 Å². The van der Waals surface area contributed by atoms with E-state index < -0.39 is 6.10 Å². The highest BCUT2D eigenvalue weighted by Crippen LogP contribution is 2.14. The monoisotopic (exact) mass is 823 g/mol. The molecule has 1 unspecified atom stereocenters. The van der Waals surface area contributed by atoms with Crippen LogP contribution >= 0.6 is 0 Å². The van der Waals surface area contributed by atoms with Crippen molar-refractivity contribution in [3.63, 3.8) is 0 Å². The minimum absolute atomic E-state index is 0.0852. The molecule has 6 nitrogen and oxygen atoms in total. The molecule has 0 aliphatic rings. The molecule has 0 radical (unpaired) electrons. The fraction of sp³-hybridized carbons (Fsp3) is 0.717. The van der Waals surface area contributed by atoms with E-state index in [1.807, 2.05) is 0 Å². The Morgan fingerprint density at radius 2 is 0.695 bits per heavy atom. The molecule has 0 aliphatic heterocycles. The molecule has 0 aromatic carbocycles. The molecule has 59 heavy (non-hydrogen) atoms. The van der Waals surface area contributed by atoms with Crippen LogP contribution in [0.2, 0.25) is 0 Å². The lowest BCUT2D eigenvalue weighted by atomic mass is 10.1. The van der Waals surface area contributed by atoms with Crippen LogP contribution in [0.15, 0.2) is 72.9 Å². The second-order valence-electron chi connectivity index (χ2n) is 16.0. The maximum Gasteiger partial charge on any atom is 0.306 e. The molecule has 0 heterocycles. The first-order valence-corrected chi connectivity index (χ1v) is 24.4. The quantitative estimate of drug-likeness (QED) is 0.0264. The van der Waals surface area contributed by atoms with Crippen LogP contribution in [0, 0.1) is 0 Å². The topological polar surface area (TPSA) is 78.9 Å². The van der Waals surface area contributed by atoms with E-state index >= 15 is 0 Å². The Bertz CT molecular complexity index is 1130. The normalized spacial score (nSPS) is 12.7. The van der Waals surface area contributed by atoms with Gasteiger partial charge in [-0.15, -0.1) is 0 Å². The van der Waals surface area contributed by atoms with Gasteiger partial charge in [0.05, 0.1) is 0 Å². The third-order valence-electron chi connectivity index (χ3n) is 10.2. The van der Waals surface area contributed by atoms with E-state index in [1.165, 1.54) is 64.2 Å². The van der Waals surface area contributed by atoms with Gasteiger partial charge in [-0.05, 0) is 83.5 Å². The smallest absolute Gasteiger partial charge is 0.306 e. The van der Waals surface area contributed by atoms with Gasteiger partial charge < -0.3 is 14.2 Å². The minimum Gasteiger partial charge on any atom is -0.462 e. The van der Waals surface area contributed by atoms with E-state index in [2.05, 4.69) is 93.7 Å². The van der Waals surface area contributed by atoms with Crippen LogP contribution in [-0.4, -0.2) is 37.2 Å². The number of esters is 3. The van der Waals surface area contributed by atoms with Crippen molar-refractivity contribution in [2.24, 2.45) is 0 Å². The zero-order valence-corrected chi connectivity index (χ0v) is 38.5. The number of carbonyl (C=O) groups is 3. The third kappa shape index (κ3) is 45.8. The van der Waals surface area contributed by atoms with Gasteiger partial charge in [-0.2, -0.15) is 0 Å². The molecular weight excluding hydrogens is 733 g/mol. The first-order valence-electron chi connectivity index (χ1n) is 24.4. The second kappa shape index (κ2) is 47.5. The average molecular weight is 823 g/mol. The van der Waals surface area contributed by atoms with Gasteiger partial charge in [0.2, 0.25) is 0 Å². The second-order valence-corrected chi connectivity index (χ2v) is 16.0. The summed E-state index contributed by atoms with van der Waals surface area (Å²) in [4.78, 5) is 37.8. The molecule has 0 saturated heterocycles. The van der Waals surface area contributed by atoms with Crippen molar-refractivity contribution in [2.45, 2.75) is 232 Å². The largest absolute Gasteiger partial charge is 0.462 e. The maximum atomic E-state index is 12.7. The highest BCUT2D eigenvalue weighted by atomic mass is 16.6. The van der Waals surface area contributed by atoms with Crippen molar-refractivity contribution in [1.82, 2.24) is 0 Å². The van der Waals surface area contributed by atoms with Gasteiger partial charge in [-0.1, -0.05) is 196 Å². The summed E-state index contributed by atoms with van der Waals surface area (Å²) in [5, 5.41) is 0. The van der Waals surface area contributed by atoms with E-state index in [9.17, 15) is 14.4 Å². The standard InChI is InChI=1S/C53H90O6/c1-4-7-10-13-16-19-21-23-24-25-26-27-28-30-31-34-37-40-43-46-52(55)58-49-50(48-57-51(54)45-42-39-36-33-18-15-12-9-6-3)59-53(56)47-44-41-38-35-32-29-22-20-17-14-11-8-5-2/h7,10-11,14,16,19-20,22-24,26-27,50H,4-6,8-9,12-13,15,17-18,21,25,28-49H2,1-3H3/b10-7-,14-11-,19-16-,22-20-,24-23-,27-26-. The first kappa shape index (κ1) is 55.9. The van der Waals surface area contributed by atoms with Gasteiger partial charge in [-0.3, -0.25) is 14.4 Å². The van der Waals surface area contributed by atoms with Crippen LogP contribution in [0.25, 0.3) is 0 Å². The number of ether oxygens (including phenoxy) is 3. The van der Waals surface area contributed by atoms with Crippen LogP contribution in [0.5, 0.6) is 0 Å². The number of carbonyl (C=O) groups excluding carboxylic acids is 3. The SMILES string of the molecule is CC/C=C\C/C=C\C/C=C\C/C=C\CCCCCCCCC(=O)OCC(COC(=O)CCCCCCCCCCC)OC(=O)CCCCCCC/C=C\C/C=C\CCC. The number of unbranched alkanes of at least 4 members (excludes halogenated alkanes) is 20. The van der Waals surface area contributed by atoms with E-state index in [1.54, 1.807) is 0 Å². The zero-order valence-electron chi connectivity index (χ0n) is 38.5. The predicted molar refractivity (Wildman–Crippen MR) is 251 cm³/mol. The van der Waals surface area contributed by atoms with Gasteiger partial charge >= 0.3 is 17.9 Å². The molecule has 1 atom stereocenters. The highest BCUT2D eigenvalue weighted by Gasteiger charge is 2.19. The summed E-state index contributed by atoms with van der Waals surface area (Å²) in [6.45, 7) is 6.41. The van der Waals surface area contributed by atoms with E-state index in [0.29, 0.717) is 19.3 Å². The maximum absolute atomic E-state index is 12.7. The third-order valence-corrected chi connectivity index (χ3v) is 10.2. The summed E-state index contributed by atoms with van der Waals surface area (Å²) < 4.78 is 16.7. The van der Waals surface area contributed by atoms with Crippen molar-refractivity contribution < 1.29 is 28.6 Å². The van der Waals surface area contributed by atoms with Crippen LogP contribution in [0.4, 0.5) is 0 Å². The van der Waals surface area contributed by atoms with Crippen molar-refractivity contribution in [2.75, 3.05) is 13.2 Å². The Hall–Kier alpha value is -3.15. The Morgan fingerprint density at radius 1 is 0.356 bits per heavy atom. The molecule has 0 saturated carbocycles. The summed E-state index contributed by atoms with van der Waals surface area (Å²) in [6, 6.07) is 0. The van der Waals surface area contributed by atoms with Gasteiger partial charge in [-0.25, -0.2) is 0 Å². The molecule has 338 valence electrons. The lowest BCUT2D eigenvalue weighted by molar-refractivity contribution is -0.167. The molecule has 0 amide bonds. The summed E-state index contributed by atoms with van der Waals surface area (Å²) in [7, 11) is 0. The van der Waals surface area contributed by atoms with Gasteiger partial charge in [0.1, 0.15) is 13.2 Å². The summed E-state index contributed by atoms with van der Waals surface area (Å²) >= 11 is 0. The lowest BCUT2D eigenvalue weighted by Crippen LogP contribution is -2.30. The van der Waals surface area contributed by atoms with Gasteiger partial charge in [0, 0.05) is 19.3 Å². The minimum atomic E-state index is -0.785. The lowest BCUT2D eigenvalue weighted by Gasteiger charge is -2.18. The first-order chi connectivity index (χ1) is 29.0. The Balaban J connectivity index is 4.36. The predicted octanol–water partition coefficient (Wildman–Crippen LogP) is 15.9. The molecule has 0 bridgehead atoms. The Labute approximate surface area is 363 Å². The number of rotatable bonds is 43. The summed E-state index contributed by atoms with van der Waals surface area (Å²) in [6.07, 6.45) is 58.8. The van der Waals surface area contributed by atoms with Gasteiger partial charge in [0.15, 0.2) is 6.10 Å². The highest BCUT2D eigenvalue weighted by molar-refractivity contribution is 5.71. The van der Waals surface area contributed by atoms with Crippen LogP contribution < -0.4 is 0 Å². The van der Waals surface area contributed by atoms with E-state index in [0.717, 1.165) is 122 Å². The van der Waals surface area contributed by atoms with Crippen LogP contribution in [0.3, 0.4) is 0 Å². The number of hydrogen-bond acceptors (Lipinski definition) is 6. The van der Waals surface area contributed by atoms with Crippen molar-refractivity contribution in [3.8, 4) is 0 Å². The molecule has 0 aliphatic carbocycles. The number of hydrogen-bond donors (Lipinski definition) is 0. The van der Waals surface area contributed by atoms with Crippen LogP contribution in [-0.2, 0) is 28.6 Å². The zero-order chi connectivity index (χ0) is 43.0. The number of allylic oxidation sites excluding steroid dienone is 12. The van der Waals surface area contributed by atoms with Crippen molar-refractivity contribution in [1.29, 1.82) is 0 Å². The van der Waals surface area contributed by atoms with Crippen molar-refractivity contribution in [3.05, 3.63) is 72.9 Å².